The normalized spacial score (nSPS) is 27.7. The molecule has 0 saturated heterocycles. The summed E-state index contributed by atoms with van der Waals surface area (Å²) >= 11 is 0. The fraction of sp³-hybridized carbons (Fsp3) is 0.533. The molecule has 0 bridgehead atoms. The number of aromatic nitrogens is 2. The lowest BCUT2D eigenvalue weighted by Gasteiger charge is -2.32. The molecule has 2 atom stereocenters. The summed E-state index contributed by atoms with van der Waals surface area (Å²) in [6, 6.07) is 9.02. The van der Waals surface area contributed by atoms with Crippen molar-refractivity contribution in [1.29, 1.82) is 0 Å². The first kappa shape index (κ1) is 10.8. The van der Waals surface area contributed by atoms with Crippen molar-refractivity contribution in [2.24, 2.45) is 11.3 Å². The lowest BCUT2D eigenvalue weighted by Crippen LogP contribution is -2.25. The molecule has 1 aromatic carbocycles. The highest BCUT2D eigenvalue weighted by atomic mass is 15.1. The van der Waals surface area contributed by atoms with Gasteiger partial charge in [-0.25, -0.2) is 4.98 Å². The number of rotatable bonds is 1. The van der Waals surface area contributed by atoms with Crippen LogP contribution in [0.15, 0.2) is 30.6 Å². The second-order valence-corrected chi connectivity index (χ2v) is 5.96. The van der Waals surface area contributed by atoms with E-state index in [9.17, 15) is 0 Å². The molecule has 1 saturated carbocycles. The molecule has 2 nitrogen and oxygen atoms in total. The van der Waals surface area contributed by atoms with Gasteiger partial charge in [0.25, 0.3) is 0 Å². The summed E-state index contributed by atoms with van der Waals surface area (Å²) in [5.41, 5.74) is 2.76. The Balaban J connectivity index is 2.11. The van der Waals surface area contributed by atoms with Crippen LogP contribution in [-0.2, 0) is 0 Å². The molecule has 0 amide bonds. The first-order valence-electron chi connectivity index (χ1n) is 6.52. The molecule has 1 fully saturated rings. The Morgan fingerprint density at radius 1 is 1.24 bits per heavy atom. The van der Waals surface area contributed by atoms with Crippen LogP contribution in [0.3, 0.4) is 0 Å². The van der Waals surface area contributed by atoms with Crippen molar-refractivity contribution in [2.75, 3.05) is 0 Å². The standard InChI is InChI=1S/C15H20N2/c1-11-8-9-14(15(11,2)3)17-10-16-12-6-4-5-7-13(12)17/h4-7,10-11,14H,8-9H2,1-3H3. The molecule has 90 valence electrons. The van der Waals surface area contributed by atoms with E-state index >= 15 is 0 Å². The van der Waals surface area contributed by atoms with Gasteiger partial charge in [0.15, 0.2) is 0 Å². The second kappa shape index (κ2) is 3.59. The van der Waals surface area contributed by atoms with E-state index in [0.717, 1.165) is 11.4 Å². The van der Waals surface area contributed by atoms with Crippen molar-refractivity contribution < 1.29 is 0 Å². The van der Waals surface area contributed by atoms with Gasteiger partial charge in [0.1, 0.15) is 0 Å². The Labute approximate surface area is 103 Å². The fourth-order valence-electron chi connectivity index (χ4n) is 3.20. The predicted molar refractivity (Wildman–Crippen MR) is 70.9 cm³/mol. The van der Waals surface area contributed by atoms with Crippen LogP contribution in [0.1, 0.15) is 39.7 Å². The van der Waals surface area contributed by atoms with Gasteiger partial charge in [0, 0.05) is 6.04 Å². The Bertz CT molecular complexity index is 539. The van der Waals surface area contributed by atoms with Gasteiger partial charge in [0.2, 0.25) is 0 Å². The minimum atomic E-state index is 0.365. The van der Waals surface area contributed by atoms with E-state index in [-0.39, 0.29) is 0 Å². The van der Waals surface area contributed by atoms with Crippen LogP contribution in [-0.4, -0.2) is 9.55 Å². The van der Waals surface area contributed by atoms with E-state index in [1.54, 1.807) is 0 Å². The van der Waals surface area contributed by atoms with Crippen molar-refractivity contribution >= 4 is 11.0 Å². The summed E-state index contributed by atoms with van der Waals surface area (Å²) in [7, 11) is 0. The van der Waals surface area contributed by atoms with E-state index in [1.165, 1.54) is 18.4 Å². The summed E-state index contributed by atoms with van der Waals surface area (Å²) in [4.78, 5) is 4.52. The molecule has 17 heavy (non-hydrogen) atoms. The maximum Gasteiger partial charge on any atom is 0.0961 e. The molecule has 3 rings (SSSR count). The Morgan fingerprint density at radius 2 is 2.00 bits per heavy atom. The third-order valence-corrected chi connectivity index (χ3v) is 4.82. The van der Waals surface area contributed by atoms with Gasteiger partial charge >= 0.3 is 0 Å². The Hall–Kier alpha value is -1.31. The van der Waals surface area contributed by atoms with Crippen LogP contribution in [0.4, 0.5) is 0 Å². The summed E-state index contributed by atoms with van der Waals surface area (Å²) in [5.74, 6) is 0.786. The van der Waals surface area contributed by atoms with Gasteiger partial charge in [0.05, 0.1) is 17.4 Å². The number of fused-ring (bicyclic) bond motifs is 1. The minimum Gasteiger partial charge on any atom is -0.327 e. The number of benzene rings is 1. The highest BCUT2D eigenvalue weighted by molar-refractivity contribution is 5.75. The van der Waals surface area contributed by atoms with E-state index < -0.39 is 0 Å². The smallest absolute Gasteiger partial charge is 0.0961 e. The lowest BCUT2D eigenvalue weighted by molar-refractivity contribution is 0.204. The monoisotopic (exact) mass is 228 g/mol. The maximum absolute atomic E-state index is 4.52. The zero-order valence-electron chi connectivity index (χ0n) is 10.9. The Morgan fingerprint density at radius 3 is 2.71 bits per heavy atom. The molecule has 1 aromatic heterocycles. The van der Waals surface area contributed by atoms with Crippen LogP contribution in [0.25, 0.3) is 11.0 Å². The third-order valence-electron chi connectivity index (χ3n) is 4.82. The van der Waals surface area contributed by atoms with Gasteiger partial charge < -0.3 is 4.57 Å². The molecule has 0 aliphatic heterocycles. The minimum absolute atomic E-state index is 0.365. The number of hydrogen-bond donors (Lipinski definition) is 0. The maximum atomic E-state index is 4.52. The molecule has 1 heterocycles. The zero-order valence-corrected chi connectivity index (χ0v) is 10.9. The first-order valence-corrected chi connectivity index (χ1v) is 6.52. The van der Waals surface area contributed by atoms with Gasteiger partial charge in [-0.3, -0.25) is 0 Å². The molecular weight excluding hydrogens is 208 g/mol. The van der Waals surface area contributed by atoms with Crippen molar-refractivity contribution in [3.63, 3.8) is 0 Å². The van der Waals surface area contributed by atoms with Crippen LogP contribution >= 0.6 is 0 Å². The molecule has 0 N–H and O–H groups in total. The molecule has 0 radical (unpaired) electrons. The van der Waals surface area contributed by atoms with Gasteiger partial charge in [-0.15, -0.1) is 0 Å². The predicted octanol–water partition coefficient (Wildman–Crippen LogP) is 4.03. The largest absolute Gasteiger partial charge is 0.327 e. The molecular formula is C15H20N2. The first-order chi connectivity index (χ1) is 8.10. The highest BCUT2D eigenvalue weighted by Gasteiger charge is 2.41. The fourth-order valence-corrected chi connectivity index (χ4v) is 3.20. The van der Waals surface area contributed by atoms with Gasteiger partial charge in [-0.1, -0.05) is 32.9 Å². The summed E-state index contributed by atoms with van der Waals surface area (Å²) < 4.78 is 2.39. The third kappa shape index (κ3) is 1.50. The average Bonchev–Trinajstić information content (AvgIpc) is 2.82. The van der Waals surface area contributed by atoms with Gasteiger partial charge in [-0.05, 0) is 36.3 Å². The van der Waals surface area contributed by atoms with Crippen LogP contribution < -0.4 is 0 Å². The molecule has 1 aliphatic carbocycles. The second-order valence-electron chi connectivity index (χ2n) is 5.96. The van der Waals surface area contributed by atoms with Crippen molar-refractivity contribution in [1.82, 2.24) is 9.55 Å². The van der Waals surface area contributed by atoms with Crippen LogP contribution in [0, 0.1) is 11.3 Å². The van der Waals surface area contributed by atoms with E-state index in [4.69, 9.17) is 0 Å². The topological polar surface area (TPSA) is 17.8 Å². The quantitative estimate of drug-likeness (QED) is 0.720. The molecule has 0 spiro atoms. The van der Waals surface area contributed by atoms with Crippen molar-refractivity contribution in [3.8, 4) is 0 Å². The zero-order chi connectivity index (χ0) is 12.0. The molecule has 2 aromatic rings. The summed E-state index contributed by atoms with van der Waals surface area (Å²) in [5, 5.41) is 0. The van der Waals surface area contributed by atoms with E-state index in [2.05, 4.69) is 54.6 Å². The van der Waals surface area contributed by atoms with Crippen molar-refractivity contribution in [3.05, 3.63) is 30.6 Å². The highest BCUT2D eigenvalue weighted by Crippen LogP contribution is 2.50. The van der Waals surface area contributed by atoms with Crippen molar-refractivity contribution in [2.45, 2.75) is 39.7 Å². The van der Waals surface area contributed by atoms with Gasteiger partial charge in [-0.2, -0.15) is 0 Å². The average molecular weight is 228 g/mol. The van der Waals surface area contributed by atoms with Crippen LogP contribution in [0.5, 0.6) is 0 Å². The Kier molecular flexibility index (Phi) is 2.29. The van der Waals surface area contributed by atoms with E-state index in [1.807, 2.05) is 6.33 Å². The molecule has 2 heteroatoms. The molecule has 1 aliphatic rings. The van der Waals surface area contributed by atoms with Crippen LogP contribution in [0.2, 0.25) is 0 Å². The number of imidazole rings is 1. The number of para-hydroxylation sites is 2. The summed E-state index contributed by atoms with van der Waals surface area (Å²) in [6.07, 6.45) is 4.62. The summed E-state index contributed by atoms with van der Waals surface area (Å²) in [6.45, 7) is 7.16. The number of hydrogen-bond acceptors (Lipinski definition) is 1. The lowest BCUT2D eigenvalue weighted by atomic mass is 9.80. The molecule has 2 unspecified atom stereocenters. The SMILES string of the molecule is CC1CCC(n2cnc3ccccc32)C1(C)C. The van der Waals surface area contributed by atoms with E-state index in [0.29, 0.717) is 11.5 Å². The number of nitrogens with zero attached hydrogens (tertiary/aromatic N) is 2.